The number of thiocarbonyl (C=S) groups is 1. The van der Waals surface area contributed by atoms with E-state index in [-0.39, 0.29) is 81.8 Å². The Hall–Kier alpha value is -9.25. The standard InChI is InChI=1S/C39H43FN6O7S2.C31H39FN6O7S2.C8H7BrO/c40-30-14-9-12-25-20-45(22-29(25)30)38(50)53-27-18-33-34(47)43-39(36(49)44-55(51,52)28-16-17-28)19-26(39)13-7-2-1-3-8-15-31(35(48)46(33)21-27)41-37-42-32(23-54-37)24-10-5-4-6-11-24;32-23-9-6-7-18-15-37(17-22(18)23)30(42)45-20-13-25-26(39)35-31(28(41)36-47(43,44)21-11-12-21)14-19(31)8-4-2-1-3-5-10-24(34-29(33)46)27(40)38(25)16-20;9-6-8(10)7-4-2-1-3-5-7/h4-7,9-14,23,26-28,31,33H,1-3,8,15-22H2,(H,41,42)(H,43,47)(H,44,49);4,6-9,19-21,24-25H,1-3,5,10-17H2,(H,35,39)(H,36,41)(H3,33,34,46);1-5H,6H2/b13-7-;8-4-;/t26-,27-,31+,33+,39-;19-,20-,24+,25+,31-;/m11./s1. The third kappa shape index (κ3) is 19.0. The van der Waals surface area contributed by atoms with Gasteiger partial charge in [0.1, 0.15) is 59.1 Å². The summed E-state index contributed by atoms with van der Waals surface area (Å²) in [5, 5.41) is 13.3. The van der Waals surface area contributed by atoms with Gasteiger partial charge in [0.25, 0.3) is 11.8 Å². The minimum atomic E-state index is -3.90. The molecule has 6 fully saturated rings. The zero-order valence-electron chi connectivity index (χ0n) is 61.3. The Kier molecular flexibility index (Phi) is 25.0. The lowest BCUT2D eigenvalue weighted by molar-refractivity contribution is -0.141. The van der Waals surface area contributed by atoms with Crippen LogP contribution < -0.4 is 36.4 Å². The van der Waals surface area contributed by atoms with Crippen molar-refractivity contribution in [1.29, 1.82) is 0 Å². The molecular formula is C78H89BrF2N12O15S4. The smallest absolute Gasteiger partial charge is 0.410 e. The van der Waals surface area contributed by atoms with Crippen LogP contribution in [-0.4, -0.2) is 176 Å². The highest BCUT2D eigenvalue weighted by Crippen LogP contribution is 2.48. The number of ether oxygens (including phenoxy) is 2. The van der Waals surface area contributed by atoms with E-state index in [2.05, 4.69) is 46.6 Å². The number of thiazole rings is 1. The molecule has 596 valence electrons. The largest absolute Gasteiger partial charge is 0.444 e. The molecule has 4 aliphatic carbocycles. The average molecular weight is 1680 g/mol. The molecule has 2 saturated heterocycles. The second-order valence-electron chi connectivity index (χ2n) is 30.1. The molecule has 6 aliphatic heterocycles. The maximum absolute atomic E-state index is 14.6. The van der Waals surface area contributed by atoms with Crippen molar-refractivity contribution in [3.63, 3.8) is 0 Å². The van der Waals surface area contributed by atoms with Crippen molar-refractivity contribution in [1.82, 2.24) is 50.0 Å². The minimum Gasteiger partial charge on any atom is -0.444 e. The van der Waals surface area contributed by atoms with Crippen LogP contribution in [0.25, 0.3) is 11.3 Å². The van der Waals surface area contributed by atoms with Crippen LogP contribution in [0.15, 0.2) is 127 Å². The van der Waals surface area contributed by atoms with Crippen LogP contribution >= 0.6 is 39.5 Å². The van der Waals surface area contributed by atoms with E-state index < -0.39 is 143 Å². The molecule has 10 atom stereocenters. The molecule has 15 rings (SSSR count). The Balaban J connectivity index is 0.000000176. The molecule has 0 radical (unpaired) electrons. The Labute approximate surface area is 665 Å². The summed E-state index contributed by atoms with van der Waals surface area (Å²) in [7, 11) is -7.79. The summed E-state index contributed by atoms with van der Waals surface area (Å²) in [4.78, 5) is 132. The van der Waals surface area contributed by atoms with E-state index in [1.165, 1.54) is 43.1 Å². The molecule has 8 N–H and O–H groups in total. The molecule has 1 aromatic heterocycles. The first-order chi connectivity index (χ1) is 53.7. The summed E-state index contributed by atoms with van der Waals surface area (Å²) < 4.78 is 95.9. The number of nitrogens with one attached hydrogen (secondary N) is 6. The molecule has 0 unspecified atom stereocenters. The normalized spacial score (nSPS) is 26.9. The van der Waals surface area contributed by atoms with Gasteiger partial charge in [0, 0.05) is 65.4 Å². The highest BCUT2D eigenvalue weighted by Gasteiger charge is 2.64. The highest BCUT2D eigenvalue weighted by molar-refractivity contribution is 9.09. The first kappa shape index (κ1) is 80.8. The van der Waals surface area contributed by atoms with Crippen molar-refractivity contribution in [3.05, 3.63) is 166 Å². The number of benzene rings is 4. The number of rotatable bonds is 14. The number of anilines is 1. The van der Waals surface area contributed by atoms with Crippen molar-refractivity contribution in [3.8, 4) is 11.3 Å². The van der Waals surface area contributed by atoms with Gasteiger partial charge < -0.3 is 46.3 Å². The molecule has 5 aromatic rings. The Bertz CT molecular complexity index is 4750. The molecule has 8 amide bonds. The SMILES string of the molecule is NC(=S)N[C@H]1CCCCC/C=C\[C@@H]2C[C@@]2(C(=O)NS(=O)(=O)C2CC2)NC(=O)[C@@H]2C[C@@H](OC(=O)N3Cc4cccc(F)c4C3)CN2C1=O.O=C(CBr)c1ccccc1.O=C1N[C@]2(C(=O)NS(=O)(=O)C3CC3)C[C@H]2/C=C\CCCCC[C@H](Nc2nc(-c3ccccc3)cs2)C(=O)N2C[C@H](OC(=O)N3Cc4cccc(F)c4C3)C[C@@H]12. The van der Waals surface area contributed by atoms with E-state index >= 15 is 0 Å². The first-order valence-electron chi connectivity index (χ1n) is 37.8. The molecule has 10 aliphatic rings. The van der Waals surface area contributed by atoms with Gasteiger partial charge in [-0.3, -0.25) is 52.8 Å². The number of nitrogens with zero attached hydrogens (tertiary/aromatic N) is 5. The molecule has 0 bridgehead atoms. The topological polar surface area (TPSA) is 364 Å². The number of nitrogens with two attached hydrogens (primary N) is 1. The summed E-state index contributed by atoms with van der Waals surface area (Å²) in [5.74, 6) is -5.38. The van der Waals surface area contributed by atoms with Gasteiger partial charge in [-0.1, -0.05) is 151 Å². The lowest BCUT2D eigenvalue weighted by Crippen LogP contribution is -2.58. The molecule has 27 nitrogen and oxygen atoms in total. The van der Waals surface area contributed by atoms with E-state index in [1.807, 2.05) is 90.3 Å². The number of halogens is 3. The third-order valence-corrected chi connectivity index (χ3v) is 27.0. The van der Waals surface area contributed by atoms with Crippen LogP contribution in [0.4, 0.5) is 23.5 Å². The number of sulfonamides is 2. The quantitative estimate of drug-likeness (QED) is 0.0237. The zero-order chi connectivity index (χ0) is 79.2. The van der Waals surface area contributed by atoms with Gasteiger partial charge in [0.05, 0.1) is 47.7 Å². The van der Waals surface area contributed by atoms with E-state index in [9.17, 15) is 68.8 Å². The number of ketones is 1. The fourth-order valence-electron chi connectivity index (χ4n) is 15.3. The van der Waals surface area contributed by atoms with Crippen molar-refractivity contribution in [2.75, 3.05) is 23.7 Å². The molecule has 0 spiro atoms. The van der Waals surface area contributed by atoms with Gasteiger partial charge >= 0.3 is 12.2 Å². The van der Waals surface area contributed by atoms with E-state index in [4.69, 9.17) is 32.4 Å². The number of carbonyl (C=O) groups excluding carboxylic acids is 9. The summed E-state index contributed by atoms with van der Waals surface area (Å²) in [5.41, 5.74) is 7.35. The van der Waals surface area contributed by atoms with Gasteiger partial charge in [-0.25, -0.2) is 40.2 Å². The number of amides is 8. The van der Waals surface area contributed by atoms with Gasteiger partial charge in [0.2, 0.25) is 43.7 Å². The number of hydrogen-bond acceptors (Lipinski definition) is 19. The van der Waals surface area contributed by atoms with Crippen LogP contribution in [-0.2, 0) is 84.5 Å². The van der Waals surface area contributed by atoms with Crippen molar-refractivity contribution < 1.29 is 78.2 Å². The van der Waals surface area contributed by atoms with Gasteiger partial charge in [-0.05, 0) is 113 Å². The molecule has 112 heavy (non-hydrogen) atoms. The van der Waals surface area contributed by atoms with Crippen LogP contribution in [0.5, 0.6) is 0 Å². The van der Waals surface area contributed by atoms with Crippen molar-refractivity contribution in [2.45, 2.75) is 200 Å². The fraction of sp³-hybridized carbons (Fsp3) is 0.474. The highest BCUT2D eigenvalue weighted by atomic mass is 79.9. The van der Waals surface area contributed by atoms with Crippen molar-refractivity contribution >= 4 is 123 Å². The van der Waals surface area contributed by atoms with Crippen molar-refractivity contribution in [2.24, 2.45) is 17.6 Å². The van der Waals surface area contributed by atoms with E-state index in [0.717, 1.165) is 48.9 Å². The number of fused-ring (bicyclic) bond motifs is 6. The van der Waals surface area contributed by atoms with Gasteiger partial charge in [-0.15, -0.1) is 11.3 Å². The number of Topliss-reactive ketones (excluding diaryl/α,β-unsaturated/α-hetero) is 1. The van der Waals surface area contributed by atoms with Gasteiger partial charge in [0.15, 0.2) is 16.0 Å². The lowest BCUT2D eigenvalue weighted by atomic mass is 10.1. The molecule has 7 heterocycles. The zero-order valence-corrected chi connectivity index (χ0v) is 66.1. The second kappa shape index (κ2) is 34.6. The lowest BCUT2D eigenvalue weighted by Gasteiger charge is -2.30. The third-order valence-electron chi connectivity index (χ3n) is 22.0. The number of alkyl halides is 1. The molecular weight excluding hydrogens is 1590 g/mol. The summed E-state index contributed by atoms with van der Waals surface area (Å²) >= 11 is 9.51. The van der Waals surface area contributed by atoms with E-state index in [1.54, 1.807) is 24.3 Å². The van der Waals surface area contributed by atoms with Crippen LogP contribution in [0.3, 0.4) is 0 Å². The summed E-state index contributed by atoms with van der Waals surface area (Å²) in [6.45, 7) is 0.152. The second-order valence-corrected chi connectivity index (χ2v) is 35.9. The number of carbonyl (C=O) groups is 9. The minimum absolute atomic E-state index is 0.0242. The number of allylic oxidation sites excluding steroid dienone is 2. The average Bonchev–Trinajstić information content (AvgIpc) is 1.57. The predicted octanol–water partition coefficient (Wildman–Crippen LogP) is 8.57. The number of aromatic nitrogens is 1. The number of hydrogen-bond donors (Lipinski definition) is 7. The molecule has 4 aromatic carbocycles. The first-order valence-corrected chi connectivity index (χ1v) is 43.3. The summed E-state index contributed by atoms with van der Waals surface area (Å²) in [6, 6.07) is 24.3. The maximum atomic E-state index is 14.6. The van der Waals surface area contributed by atoms with Gasteiger partial charge in [-0.2, -0.15) is 0 Å². The Morgan fingerprint density at radius 2 is 1.07 bits per heavy atom. The van der Waals surface area contributed by atoms with Crippen LogP contribution in [0, 0.1) is 23.5 Å². The monoisotopic (exact) mass is 1680 g/mol. The van der Waals surface area contributed by atoms with Crippen LogP contribution in [0.2, 0.25) is 0 Å². The Morgan fingerprint density at radius 1 is 0.607 bits per heavy atom. The fourth-order valence-corrected chi connectivity index (χ4v) is 19.2. The predicted molar refractivity (Wildman–Crippen MR) is 418 cm³/mol. The molecule has 4 saturated carbocycles. The van der Waals surface area contributed by atoms with Crippen LogP contribution in [0.1, 0.15) is 148 Å². The summed E-state index contributed by atoms with van der Waals surface area (Å²) in [6.07, 6.45) is 13.4. The molecule has 34 heteroatoms. The Morgan fingerprint density at radius 3 is 1.53 bits per heavy atom. The van der Waals surface area contributed by atoms with E-state index in [0.29, 0.717) is 90.5 Å². The maximum Gasteiger partial charge on any atom is 0.410 e.